The molecule has 5 heteroatoms. The number of methoxy groups -OCH3 is 1. The number of benzene rings is 1. The van der Waals surface area contributed by atoms with Crippen LogP contribution in [0.25, 0.3) is 0 Å². The number of rotatable bonds is 5. The van der Waals surface area contributed by atoms with Crippen LogP contribution >= 0.6 is 0 Å². The molecule has 0 aliphatic carbocycles. The van der Waals surface area contributed by atoms with Gasteiger partial charge in [0.05, 0.1) is 19.8 Å². The molecule has 0 aliphatic heterocycles. The fourth-order valence-corrected chi connectivity index (χ4v) is 1.89. The van der Waals surface area contributed by atoms with E-state index in [0.717, 1.165) is 5.56 Å². The Morgan fingerprint density at radius 1 is 1.47 bits per heavy atom. The Kier molecular flexibility index (Phi) is 4.86. The fourth-order valence-electron chi connectivity index (χ4n) is 1.89. The number of aliphatic hydroxyl groups is 1. The zero-order valence-corrected chi connectivity index (χ0v) is 10.4. The van der Waals surface area contributed by atoms with Gasteiger partial charge in [-0.25, -0.2) is 4.39 Å². The van der Waals surface area contributed by atoms with Gasteiger partial charge >= 0.3 is 0 Å². The minimum absolute atomic E-state index is 0.156. The summed E-state index contributed by atoms with van der Waals surface area (Å²) >= 11 is 0. The topological polar surface area (TPSA) is 58.7 Å². The maximum atomic E-state index is 13.6. The summed E-state index contributed by atoms with van der Waals surface area (Å²) < 4.78 is 18.5. The van der Waals surface area contributed by atoms with Gasteiger partial charge < -0.3 is 20.5 Å². The maximum absolute atomic E-state index is 13.6. The number of nitrogens with zero attached hydrogens (tertiary/aromatic N) is 1. The molecule has 0 spiro atoms. The van der Waals surface area contributed by atoms with Crippen LogP contribution in [-0.2, 0) is 0 Å². The Morgan fingerprint density at radius 2 is 2.12 bits per heavy atom. The number of hydrogen-bond acceptors (Lipinski definition) is 4. The Hall–Kier alpha value is -1.17. The predicted molar refractivity (Wildman–Crippen MR) is 64.4 cm³/mol. The Balaban J connectivity index is 3.07. The first-order valence-corrected chi connectivity index (χ1v) is 5.37. The fraction of sp³-hybridized carbons (Fsp3) is 0.500. The van der Waals surface area contributed by atoms with Gasteiger partial charge in [-0.2, -0.15) is 0 Å². The highest BCUT2D eigenvalue weighted by atomic mass is 19.1. The van der Waals surface area contributed by atoms with Crippen molar-refractivity contribution in [2.24, 2.45) is 5.73 Å². The number of ether oxygens (including phenoxy) is 1. The lowest BCUT2D eigenvalue weighted by Crippen LogP contribution is -2.39. The molecule has 2 unspecified atom stereocenters. The molecule has 0 amide bonds. The lowest BCUT2D eigenvalue weighted by atomic mass is 9.99. The van der Waals surface area contributed by atoms with Crippen molar-refractivity contribution < 1.29 is 14.2 Å². The molecule has 1 rings (SSSR count). The van der Waals surface area contributed by atoms with Gasteiger partial charge in [-0.05, 0) is 31.8 Å². The van der Waals surface area contributed by atoms with Crippen LogP contribution in [0.15, 0.2) is 18.2 Å². The summed E-state index contributed by atoms with van der Waals surface area (Å²) in [6, 6.07) is 4.00. The summed E-state index contributed by atoms with van der Waals surface area (Å²) in [5.41, 5.74) is 6.54. The third kappa shape index (κ3) is 3.15. The standard InChI is InChI=1S/C12H19FN2O2/c1-15(2)12(10(14)7-16)8-4-5-11(17-3)9(13)6-8/h4-6,10,12,16H,7,14H2,1-3H3. The van der Waals surface area contributed by atoms with Crippen LogP contribution in [0.1, 0.15) is 11.6 Å². The second-order valence-electron chi connectivity index (χ2n) is 4.15. The van der Waals surface area contributed by atoms with Gasteiger partial charge in [0.25, 0.3) is 0 Å². The van der Waals surface area contributed by atoms with Gasteiger partial charge in [0.1, 0.15) is 0 Å². The molecule has 3 N–H and O–H groups in total. The van der Waals surface area contributed by atoms with Crippen LogP contribution < -0.4 is 10.5 Å². The van der Waals surface area contributed by atoms with E-state index in [1.165, 1.54) is 13.2 Å². The Labute approximate surface area is 101 Å². The molecular formula is C12H19FN2O2. The molecule has 0 bridgehead atoms. The summed E-state index contributed by atoms with van der Waals surface area (Å²) in [4.78, 5) is 1.85. The van der Waals surface area contributed by atoms with E-state index in [4.69, 9.17) is 15.6 Å². The van der Waals surface area contributed by atoms with E-state index in [2.05, 4.69) is 0 Å². The molecule has 17 heavy (non-hydrogen) atoms. The average molecular weight is 242 g/mol. The van der Waals surface area contributed by atoms with E-state index in [1.807, 2.05) is 19.0 Å². The first kappa shape index (κ1) is 13.9. The molecule has 0 saturated heterocycles. The quantitative estimate of drug-likeness (QED) is 0.800. The van der Waals surface area contributed by atoms with E-state index in [9.17, 15) is 4.39 Å². The highest BCUT2D eigenvalue weighted by Gasteiger charge is 2.22. The normalized spacial score (nSPS) is 14.8. The van der Waals surface area contributed by atoms with Crippen LogP contribution in [0.4, 0.5) is 4.39 Å². The van der Waals surface area contributed by atoms with Crippen molar-refractivity contribution in [3.05, 3.63) is 29.6 Å². The Morgan fingerprint density at radius 3 is 2.53 bits per heavy atom. The van der Waals surface area contributed by atoms with Crippen LogP contribution in [0, 0.1) is 5.82 Å². The summed E-state index contributed by atoms with van der Waals surface area (Å²) in [5, 5.41) is 9.12. The summed E-state index contributed by atoms with van der Waals surface area (Å²) in [5.74, 6) is -0.231. The van der Waals surface area contributed by atoms with Crippen molar-refractivity contribution in [2.75, 3.05) is 27.8 Å². The lowest BCUT2D eigenvalue weighted by Gasteiger charge is -2.29. The third-order valence-electron chi connectivity index (χ3n) is 2.69. The number of aliphatic hydroxyl groups excluding tert-OH is 1. The van der Waals surface area contributed by atoms with Crippen LogP contribution in [0.2, 0.25) is 0 Å². The first-order chi connectivity index (χ1) is 8.01. The van der Waals surface area contributed by atoms with Crippen molar-refractivity contribution >= 4 is 0 Å². The zero-order chi connectivity index (χ0) is 13.0. The van der Waals surface area contributed by atoms with E-state index in [0.29, 0.717) is 0 Å². The second kappa shape index (κ2) is 5.95. The van der Waals surface area contributed by atoms with Gasteiger partial charge in [-0.15, -0.1) is 0 Å². The summed E-state index contributed by atoms with van der Waals surface area (Å²) in [6.45, 7) is -0.156. The molecule has 2 atom stereocenters. The molecule has 0 radical (unpaired) electrons. The van der Waals surface area contributed by atoms with Gasteiger partial charge in [-0.3, -0.25) is 0 Å². The van der Waals surface area contributed by atoms with Gasteiger partial charge in [0.15, 0.2) is 11.6 Å². The highest BCUT2D eigenvalue weighted by Crippen LogP contribution is 2.25. The highest BCUT2D eigenvalue weighted by molar-refractivity contribution is 5.31. The smallest absolute Gasteiger partial charge is 0.165 e. The summed E-state index contributed by atoms with van der Waals surface area (Å²) in [6.07, 6.45) is 0. The SMILES string of the molecule is COc1ccc(C(C(N)CO)N(C)C)cc1F. The maximum Gasteiger partial charge on any atom is 0.165 e. The molecule has 1 aromatic rings. The molecule has 0 heterocycles. The van der Waals surface area contributed by atoms with Crippen LogP contribution in [-0.4, -0.2) is 43.9 Å². The largest absolute Gasteiger partial charge is 0.494 e. The van der Waals surface area contributed by atoms with E-state index < -0.39 is 11.9 Å². The molecule has 0 fully saturated rings. The van der Waals surface area contributed by atoms with Gasteiger partial charge in [0.2, 0.25) is 0 Å². The second-order valence-corrected chi connectivity index (χ2v) is 4.15. The van der Waals surface area contributed by atoms with Crippen LogP contribution in [0.3, 0.4) is 0 Å². The van der Waals surface area contributed by atoms with Crippen molar-refractivity contribution in [1.82, 2.24) is 4.90 Å². The zero-order valence-electron chi connectivity index (χ0n) is 10.4. The van der Waals surface area contributed by atoms with E-state index >= 15 is 0 Å². The average Bonchev–Trinajstić information content (AvgIpc) is 2.28. The lowest BCUT2D eigenvalue weighted by molar-refractivity contribution is 0.181. The van der Waals surface area contributed by atoms with E-state index in [1.54, 1.807) is 12.1 Å². The summed E-state index contributed by atoms with van der Waals surface area (Å²) in [7, 11) is 5.09. The molecule has 0 aromatic heterocycles. The van der Waals surface area contributed by atoms with Crippen molar-refractivity contribution in [1.29, 1.82) is 0 Å². The monoisotopic (exact) mass is 242 g/mol. The molecule has 0 saturated carbocycles. The third-order valence-corrected chi connectivity index (χ3v) is 2.69. The predicted octanol–water partition coefficient (Wildman–Crippen LogP) is 0.757. The first-order valence-electron chi connectivity index (χ1n) is 5.37. The molecule has 4 nitrogen and oxygen atoms in total. The van der Waals surface area contributed by atoms with Crippen LogP contribution in [0.5, 0.6) is 5.75 Å². The Bertz CT molecular complexity index is 372. The van der Waals surface area contributed by atoms with E-state index in [-0.39, 0.29) is 18.4 Å². The number of likely N-dealkylation sites (N-methyl/N-ethyl adjacent to an activating group) is 1. The number of hydrogen-bond donors (Lipinski definition) is 2. The van der Waals surface area contributed by atoms with Crippen molar-refractivity contribution in [3.63, 3.8) is 0 Å². The minimum Gasteiger partial charge on any atom is -0.494 e. The molecule has 0 aliphatic rings. The van der Waals surface area contributed by atoms with Gasteiger partial charge in [-0.1, -0.05) is 6.07 Å². The number of halogens is 1. The molecule has 1 aromatic carbocycles. The minimum atomic E-state index is -0.460. The number of nitrogens with two attached hydrogens (primary N) is 1. The molecular weight excluding hydrogens is 223 g/mol. The van der Waals surface area contributed by atoms with Crippen molar-refractivity contribution in [3.8, 4) is 5.75 Å². The molecule has 96 valence electrons. The van der Waals surface area contributed by atoms with Gasteiger partial charge in [0, 0.05) is 6.04 Å². The van der Waals surface area contributed by atoms with Crippen molar-refractivity contribution in [2.45, 2.75) is 12.1 Å².